The van der Waals surface area contributed by atoms with E-state index in [-0.39, 0.29) is 28.8 Å². The van der Waals surface area contributed by atoms with Crippen molar-refractivity contribution >= 4 is 27.5 Å². The Morgan fingerprint density at radius 3 is 2.80 bits per heavy atom. The summed E-state index contributed by atoms with van der Waals surface area (Å²) in [4.78, 5) is 19.3. The largest absolute Gasteiger partial charge is 0.419 e. The zero-order valence-electron chi connectivity index (χ0n) is 15.8. The lowest BCUT2D eigenvalue weighted by atomic mass is 10.1. The molecule has 1 aromatic carbocycles. The Bertz CT molecular complexity index is 1190. The highest BCUT2D eigenvalue weighted by Gasteiger charge is 2.36. The first-order valence-corrected chi connectivity index (χ1v) is 10.3. The van der Waals surface area contributed by atoms with Crippen molar-refractivity contribution in [2.45, 2.75) is 31.6 Å². The molecule has 6 nitrogen and oxygen atoms in total. The van der Waals surface area contributed by atoms with Gasteiger partial charge >= 0.3 is 6.18 Å². The van der Waals surface area contributed by atoms with Crippen LogP contribution >= 0.6 is 11.3 Å². The summed E-state index contributed by atoms with van der Waals surface area (Å²) in [5.74, 6) is 0.152. The van der Waals surface area contributed by atoms with Crippen LogP contribution in [-0.4, -0.2) is 28.7 Å². The van der Waals surface area contributed by atoms with E-state index in [1.807, 2.05) is 0 Å². The van der Waals surface area contributed by atoms with E-state index >= 15 is 0 Å². The van der Waals surface area contributed by atoms with Crippen molar-refractivity contribution in [3.8, 4) is 6.07 Å². The first kappa shape index (κ1) is 20.4. The number of anilines is 1. The highest BCUT2D eigenvalue weighted by molar-refractivity contribution is 7.17. The molecule has 0 saturated carbocycles. The number of nitrogens with two attached hydrogens (primary N) is 1. The fourth-order valence-electron chi connectivity index (χ4n) is 3.70. The SMILES string of the molecule is N#Cc1ccccc1Cn1c(N2CCC[C@@H](N)C2)nc2c(C(F)(F)F)csc2c1=O. The summed E-state index contributed by atoms with van der Waals surface area (Å²) >= 11 is 0.734. The summed E-state index contributed by atoms with van der Waals surface area (Å²) in [6.45, 7) is 0.964. The van der Waals surface area contributed by atoms with E-state index in [9.17, 15) is 23.2 Å². The van der Waals surface area contributed by atoms with Gasteiger partial charge in [0.1, 0.15) is 10.2 Å². The molecular weight excluding hydrogens is 415 g/mol. The average Bonchev–Trinajstić information content (AvgIpc) is 3.15. The summed E-state index contributed by atoms with van der Waals surface area (Å²) in [5, 5.41) is 10.3. The average molecular weight is 433 g/mol. The van der Waals surface area contributed by atoms with Gasteiger partial charge in [0.15, 0.2) is 0 Å². The number of halogens is 3. The number of fused-ring (bicyclic) bond motifs is 1. The van der Waals surface area contributed by atoms with Crippen LogP contribution < -0.4 is 16.2 Å². The number of rotatable bonds is 3. The third-order valence-electron chi connectivity index (χ3n) is 5.17. The van der Waals surface area contributed by atoms with Crippen LogP contribution in [0.4, 0.5) is 19.1 Å². The minimum Gasteiger partial charge on any atom is -0.341 e. The highest BCUT2D eigenvalue weighted by atomic mass is 32.1. The second kappa shape index (κ2) is 7.74. The van der Waals surface area contributed by atoms with Gasteiger partial charge in [-0.05, 0) is 24.5 Å². The predicted octanol–water partition coefficient (Wildman–Crippen LogP) is 3.32. The number of piperidine rings is 1. The van der Waals surface area contributed by atoms with Gasteiger partial charge < -0.3 is 10.6 Å². The number of thiophene rings is 1. The molecule has 156 valence electrons. The Kier molecular flexibility index (Phi) is 5.26. The molecule has 0 amide bonds. The van der Waals surface area contributed by atoms with Crippen molar-refractivity contribution in [2.24, 2.45) is 5.73 Å². The van der Waals surface area contributed by atoms with E-state index < -0.39 is 17.3 Å². The molecule has 0 radical (unpaired) electrons. The molecule has 10 heteroatoms. The standard InChI is InChI=1S/C20H18F3N5OS/c21-20(22,23)15-11-30-17-16(15)26-19(27-7-3-6-14(25)10-27)28(18(17)29)9-13-5-2-1-4-12(13)8-24/h1-2,4-5,11,14H,3,6-7,9-10,25H2/t14-/m1/s1. The minimum absolute atomic E-state index is 0.0336. The Labute approximate surface area is 174 Å². The van der Waals surface area contributed by atoms with Crippen LogP contribution in [0.25, 0.3) is 10.2 Å². The van der Waals surface area contributed by atoms with Crippen LogP contribution in [0.3, 0.4) is 0 Å². The van der Waals surface area contributed by atoms with Crippen molar-refractivity contribution < 1.29 is 13.2 Å². The van der Waals surface area contributed by atoms with Crippen molar-refractivity contribution in [1.29, 1.82) is 5.26 Å². The topological polar surface area (TPSA) is 87.9 Å². The molecule has 1 aliphatic heterocycles. The van der Waals surface area contributed by atoms with Gasteiger partial charge in [-0.15, -0.1) is 11.3 Å². The molecule has 2 aromatic heterocycles. The molecule has 0 aliphatic carbocycles. The van der Waals surface area contributed by atoms with Crippen LogP contribution in [0.1, 0.15) is 29.5 Å². The summed E-state index contributed by atoms with van der Waals surface area (Å²) in [7, 11) is 0. The molecule has 0 spiro atoms. The highest BCUT2D eigenvalue weighted by Crippen LogP contribution is 2.37. The van der Waals surface area contributed by atoms with Crippen molar-refractivity contribution in [3.63, 3.8) is 0 Å². The summed E-state index contributed by atoms with van der Waals surface area (Å²) in [6.07, 6.45) is -3.06. The van der Waals surface area contributed by atoms with Crippen LogP contribution in [0.2, 0.25) is 0 Å². The lowest BCUT2D eigenvalue weighted by Gasteiger charge is -2.33. The van der Waals surface area contributed by atoms with E-state index in [4.69, 9.17) is 5.73 Å². The number of hydrogen-bond acceptors (Lipinski definition) is 6. The van der Waals surface area contributed by atoms with Gasteiger partial charge in [-0.2, -0.15) is 18.4 Å². The van der Waals surface area contributed by atoms with Crippen LogP contribution in [0.15, 0.2) is 34.4 Å². The van der Waals surface area contributed by atoms with Crippen LogP contribution in [0, 0.1) is 11.3 Å². The Morgan fingerprint density at radius 2 is 2.10 bits per heavy atom. The summed E-state index contributed by atoms with van der Waals surface area (Å²) in [6, 6.07) is 8.74. The van der Waals surface area contributed by atoms with E-state index in [1.54, 1.807) is 29.2 Å². The predicted molar refractivity (Wildman–Crippen MR) is 109 cm³/mol. The number of nitrogens with zero attached hydrogens (tertiary/aromatic N) is 4. The maximum absolute atomic E-state index is 13.5. The van der Waals surface area contributed by atoms with Crippen LogP contribution in [-0.2, 0) is 12.7 Å². The fourth-order valence-corrected chi connectivity index (χ4v) is 4.66. The monoisotopic (exact) mass is 433 g/mol. The number of hydrogen-bond donors (Lipinski definition) is 1. The lowest BCUT2D eigenvalue weighted by molar-refractivity contribution is -0.136. The van der Waals surface area contributed by atoms with Gasteiger partial charge in [-0.25, -0.2) is 4.98 Å². The molecule has 4 rings (SSSR count). The maximum atomic E-state index is 13.5. The van der Waals surface area contributed by atoms with Crippen molar-refractivity contribution in [3.05, 3.63) is 56.7 Å². The molecule has 0 unspecified atom stereocenters. The molecule has 2 N–H and O–H groups in total. The smallest absolute Gasteiger partial charge is 0.341 e. The normalized spacial score (nSPS) is 17.3. The molecule has 1 atom stereocenters. The van der Waals surface area contributed by atoms with Crippen molar-refractivity contribution in [1.82, 2.24) is 9.55 Å². The van der Waals surface area contributed by atoms with Gasteiger partial charge in [-0.3, -0.25) is 9.36 Å². The first-order valence-electron chi connectivity index (χ1n) is 9.37. The van der Waals surface area contributed by atoms with Crippen LogP contribution in [0.5, 0.6) is 0 Å². The molecule has 3 heterocycles. The van der Waals surface area contributed by atoms with E-state index in [0.29, 0.717) is 24.2 Å². The van der Waals surface area contributed by atoms with Crippen molar-refractivity contribution in [2.75, 3.05) is 18.0 Å². The zero-order valence-corrected chi connectivity index (χ0v) is 16.6. The number of aromatic nitrogens is 2. The Balaban J connectivity index is 1.93. The molecule has 1 aliphatic rings. The molecule has 1 fully saturated rings. The maximum Gasteiger partial charge on any atom is 0.419 e. The second-order valence-electron chi connectivity index (χ2n) is 7.25. The Hall–Kier alpha value is -2.90. The molecule has 0 bridgehead atoms. The molecule has 30 heavy (non-hydrogen) atoms. The number of nitriles is 1. The molecule has 3 aromatic rings. The van der Waals surface area contributed by atoms with Gasteiger partial charge in [0.2, 0.25) is 5.95 Å². The molecular formula is C20H18F3N5OS. The van der Waals surface area contributed by atoms with E-state index in [0.717, 1.165) is 29.6 Å². The molecule has 1 saturated heterocycles. The minimum atomic E-state index is -4.60. The number of alkyl halides is 3. The lowest BCUT2D eigenvalue weighted by Crippen LogP contribution is -2.45. The quantitative estimate of drug-likeness (QED) is 0.685. The first-order chi connectivity index (χ1) is 14.3. The third-order valence-corrected chi connectivity index (χ3v) is 6.13. The summed E-state index contributed by atoms with van der Waals surface area (Å²) in [5.41, 5.74) is 5.25. The number of benzene rings is 1. The van der Waals surface area contributed by atoms with E-state index in [2.05, 4.69) is 11.1 Å². The second-order valence-corrected chi connectivity index (χ2v) is 8.12. The van der Waals surface area contributed by atoms with Gasteiger partial charge in [0, 0.05) is 24.5 Å². The van der Waals surface area contributed by atoms with Gasteiger partial charge in [-0.1, -0.05) is 18.2 Å². The summed E-state index contributed by atoms with van der Waals surface area (Å²) < 4.78 is 41.7. The zero-order chi connectivity index (χ0) is 21.5. The fraction of sp³-hybridized carbons (Fsp3) is 0.350. The van der Waals surface area contributed by atoms with Gasteiger partial charge in [0.25, 0.3) is 5.56 Å². The Morgan fingerprint density at radius 1 is 1.33 bits per heavy atom. The van der Waals surface area contributed by atoms with Gasteiger partial charge in [0.05, 0.1) is 23.7 Å². The third kappa shape index (κ3) is 3.66. The van der Waals surface area contributed by atoms with E-state index in [1.165, 1.54) is 4.57 Å².